The van der Waals surface area contributed by atoms with Gasteiger partial charge in [-0.1, -0.05) is 18.2 Å². The molecule has 0 bridgehead atoms. The SMILES string of the molecule is COC(=O)c1ccc(NC(=O)C2CCCN(S(=O)(=O)c3ccccc3)C2)s1. The third kappa shape index (κ3) is 4.37. The standard InChI is InChI=1S/C18H20N2O5S2/c1-25-18(22)15-9-10-16(26-15)19-17(21)13-6-5-11-20(12-13)27(23,24)14-7-3-2-4-8-14/h2-4,7-10,13H,5-6,11-12H2,1H3,(H,19,21). The molecule has 1 saturated heterocycles. The molecule has 0 spiro atoms. The maximum absolute atomic E-state index is 12.8. The van der Waals surface area contributed by atoms with Gasteiger partial charge in [0.1, 0.15) is 4.88 Å². The number of piperidine rings is 1. The molecule has 2 aromatic rings. The molecule has 1 aliphatic heterocycles. The van der Waals surface area contributed by atoms with E-state index in [9.17, 15) is 18.0 Å². The van der Waals surface area contributed by atoms with Gasteiger partial charge in [0, 0.05) is 13.1 Å². The van der Waals surface area contributed by atoms with Crippen LogP contribution in [-0.2, 0) is 19.6 Å². The Balaban J connectivity index is 1.68. The second kappa shape index (κ2) is 8.20. The molecule has 3 rings (SSSR count). The summed E-state index contributed by atoms with van der Waals surface area (Å²) >= 11 is 1.12. The molecule has 1 amide bonds. The van der Waals surface area contributed by atoms with Crippen molar-refractivity contribution < 1.29 is 22.7 Å². The van der Waals surface area contributed by atoms with E-state index in [1.54, 1.807) is 42.5 Å². The number of benzene rings is 1. The van der Waals surface area contributed by atoms with Crippen LogP contribution in [0.15, 0.2) is 47.4 Å². The summed E-state index contributed by atoms with van der Waals surface area (Å²) < 4.78 is 31.6. The summed E-state index contributed by atoms with van der Waals surface area (Å²) in [6.45, 7) is 0.533. The summed E-state index contributed by atoms with van der Waals surface area (Å²) in [4.78, 5) is 24.7. The van der Waals surface area contributed by atoms with Gasteiger partial charge in [-0.15, -0.1) is 11.3 Å². The van der Waals surface area contributed by atoms with Crippen molar-refractivity contribution in [2.75, 3.05) is 25.5 Å². The number of anilines is 1. The monoisotopic (exact) mass is 408 g/mol. The van der Waals surface area contributed by atoms with Crippen molar-refractivity contribution in [1.82, 2.24) is 4.31 Å². The predicted molar refractivity (Wildman–Crippen MR) is 102 cm³/mol. The van der Waals surface area contributed by atoms with Gasteiger partial charge >= 0.3 is 5.97 Å². The number of esters is 1. The van der Waals surface area contributed by atoms with Gasteiger partial charge in [0.2, 0.25) is 15.9 Å². The molecular weight excluding hydrogens is 388 g/mol. The van der Waals surface area contributed by atoms with E-state index in [4.69, 9.17) is 0 Å². The van der Waals surface area contributed by atoms with E-state index in [2.05, 4.69) is 10.1 Å². The first-order valence-electron chi connectivity index (χ1n) is 8.46. The first kappa shape index (κ1) is 19.5. The Morgan fingerprint density at radius 3 is 2.63 bits per heavy atom. The molecule has 1 aromatic carbocycles. The normalized spacial score (nSPS) is 18.0. The Kier molecular flexibility index (Phi) is 5.93. The second-order valence-corrected chi connectivity index (χ2v) is 9.18. The zero-order chi connectivity index (χ0) is 19.4. The number of thiophene rings is 1. The van der Waals surface area contributed by atoms with Gasteiger partial charge in [-0.05, 0) is 37.1 Å². The van der Waals surface area contributed by atoms with E-state index in [0.29, 0.717) is 29.3 Å². The van der Waals surface area contributed by atoms with Crippen LogP contribution in [0.25, 0.3) is 0 Å². The molecule has 1 aliphatic rings. The lowest BCUT2D eigenvalue weighted by Gasteiger charge is -2.31. The van der Waals surface area contributed by atoms with Crippen LogP contribution in [0.1, 0.15) is 22.5 Å². The lowest BCUT2D eigenvalue weighted by Crippen LogP contribution is -2.43. The highest BCUT2D eigenvalue weighted by Gasteiger charge is 2.33. The molecular formula is C18H20N2O5S2. The second-order valence-electron chi connectivity index (χ2n) is 6.16. The van der Waals surface area contributed by atoms with Gasteiger partial charge in [-0.3, -0.25) is 4.79 Å². The number of hydrogen-bond donors (Lipinski definition) is 1. The molecule has 1 unspecified atom stereocenters. The number of carbonyl (C=O) groups is 2. The Bertz CT molecular complexity index is 924. The Labute approximate surface area is 162 Å². The van der Waals surface area contributed by atoms with Crippen LogP contribution in [0, 0.1) is 5.92 Å². The number of nitrogens with one attached hydrogen (secondary N) is 1. The summed E-state index contributed by atoms with van der Waals surface area (Å²) in [5.74, 6) is -1.15. The molecule has 9 heteroatoms. The van der Waals surface area contributed by atoms with Crippen LogP contribution in [-0.4, -0.2) is 44.8 Å². The van der Waals surface area contributed by atoms with Crippen LogP contribution in [0.5, 0.6) is 0 Å². The Morgan fingerprint density at radius 1 is 1.19 bits per heavy atom. The third-order valence-electron chi connectivity index (χ3n) is 4.37. The van der Waals surface area contributed by atoms with Gasteiger partial charge in [-0.25, -0.2) is 13.2 Å². The average molecular weight is 409 g/mol. The van der Waals surface area contributed by atoms with Crippen LogP contribution in [0.3, 0.4) is 0 Å². The van der Waals surface area contributed by atoms with Gasteiger partial charge in [0.05, 0.1) is 22.9 Å². The smallest absolute Gasteiger partial charge is 0.348 e. The van der Waals surface area contributed by atoms with Gasteiger partial charge in [0.15, 0.2) is 0 Å². The molecule has 7 nitrogen and oxygen atoms in total. The first-order valence-corrected chi connectivity index (χ1v) is 10.7. The lowest BCUT2D eigenvalue weighted by atomic mass is 9.99. The summed E-state index contributed by atoms with van der Waals surface area (Å²) in [6.07, 6.45) is 1.23. The summed E-state index contributed by atoms with van der Waals surface area (Å²) in [5.41, 5.74) is 0. The van der Waals surface area contributed by atoms with Crippen molar-refractivity contribution in [3.8, 4) is 0 Å². The predicted octanol–water partition coefficient (Wildman–Crippen LogP) is 2.57. The fourth-order valence-electron chi connectivity index (χ4n) is 2.96. The molecule has 27 heavy (non-hydrogen) atoms. The number of ether oxygens (including phenoxy) is 1. The van der Waals surface area contributed by atoms with E-state index < -0.39 is 21.9 Å². The minimum atomic E-state index is -3.62. The van der Waals surface area contributed by atoms with E-state index in [1.165, 1.54) is 11.4 Å². The summed E-state index contributed by atoms with van der Waals surface area (Å²) in [7, 11) is -2.32. The molecule has 1 N–H and O–H groups in total. The summed E-state index contributed by atoms with van der Waals surface area (Å²) in [5, 5.41) is 3.30. The number of sulfonamides is 1. The number of hydrogen-bond acceptors (Lipinski definition) is 6. The van der Waals surface area contributed by atoms with Gasteiger partial charge in [0.25, 0.3) is 0 Å². The molecule has 1 atom stereocenters. The maximum Gasteiger partial charge on any atom is 0.348 e. The number of nitrogens with zero attached hydrogens (tertiary/aromatic N) is 1. The highest BCUT2D eigenvalue weighted by Crippen LogP contribution is 2.27. The lowest BCUT2D eigenvalue weighted by molar-refractivity contribution is -0.120. The fourth-order valence-corrected chi connectivity index (χ4v) is 5.33. The minimum absolute atomic E-state index is 0.137. The first-order chi connectivity index (χ1) is 12.9. The molecule has 1 fully saturated rings. The summed E-state index contributed by atoms with van der Waals surface area (Å²) in [6, 6.07) is 11.4. The average Bonchev–Trinajstić information content (AvgIpc) is 3.16. The zero-order valence-corrected chi connectivity index (χ0v) is 16.4. The van der Waals surface area contributed by atoms with E-state index in [-0.39, 0.29) is 17.3 Å². The number of amides is 1. The Hall–Kier alpha value is -2.23. The van der Waals surface area contributed by atoms with Crippen LogP contribution >= 0.6 is 11.3 Å². The van der Waals surface area contributed by atoms with Crippen molar-refractivity contribution in [1.29, 1.82) is 0 Å². The van der Waals surface area contributed by atoms with E-state index in [1.807, 2.05) is 0 Å². The highest BCUT2D eigenvalue weighted by molar-refractivity contribution is 7.89. The van der Waals surface area contributed by atoms with E-state index >= 15 is 0 Å². The number of rotatable bonds is 5. The molecule has 1 aromatic heterocycles. The van der Waals surface area contributed by atoms with Gasteiger partial charge < -0.3 is 10.1 Å². The molecule has 0 radical (unpaired) electrons. The molecule has 2 heterocycles. The van der Waals surface area contributed by atoms with Gasteiger partial charge in [-0.2, -0.15) is 4.31 Å². The van der Waals surface area contributed by atoms with Crippen LogP contribution < -0.4 is 5.32 Å². The van der Waals surface area contributed by atoms with Crippen molar-refractivity contribution >= 4 is 38.2 Å². The van der Waals surface area contributed by atoms with E-state index in [0.717, 1.165) is 11.3 Å². The minimum Gasteiger partial charge on any atom is -0.465 e. The molecule has 0 saturated carbocycles. The van der Waals surface area contributed by atoms with Crippen molar-refractivity contribution in [3.63, 3.8) is 0 Å². The Morgan fingerprint density at radius 2 is 1.93 bits per heavy atom. The number of methoxy groups -OCH3 is 1. The fraction of sp³-hybridized carbons (Fsp3) is 0.333. The van der Waals surface area contributed by atoms with Crippen molar-refractivity contribution in [3.05, 3.63) is 47.3 Å². The topological polar surface area (TPSA) is 92.8 Å². The maximum atomic E-state index is 12.8. The largest absolute Gasteiger partial charge is 0.465 e. The van der Waals surface area contributed by atoms with Crippen LogP contribution in [0.4, 0.5) is 5.00 Å². The zero-order valence-electron chi connectivity index (χ0n) is 14.8. The van der Waals surface area contributed by atoms with Crippen molar-refractivity contribution in [2.24, 2.45) is 5.92 Å². The highest BCUT2D eigenvalue weighted by atomic mass is 32.2. The number of carbonyl (C=O) groups excluding carboxylic acids is 2. The third-order valence-corrected chi connectivity index (χ3v) is 7.23. The molecule has 0 aliphatic carbocycles. The quantitative estimate of drug-likeness (QED) is 0.768. The van der Waals surface area contributed by atoms with Crippen LogP contribution in [0.2, 0.25) is 0 Å². The van der Waals surface area contributed by atoms with Crippen molar-refractivity contribution in [2.45, 2.75) is 17.7 Å². The molecule has 144 valence electrons.